The van der Waals surface area contributed by atoms with Gasteiger partial charge in [0.1, 0.15) is 10.6 Å². The van der Waals surface area contributed by atoms with E-state index in [1.54, 1.807) is 43.6 Å². The van der Waals surface area contributed by atoms with Crippen molar-refractivity contribution in [3.63, 3.8) is 0 Å². The van der Waals surface area contributed by atoms with E-state index in [4.69, 9.17) is 16.0 Å². The molecule has 0 N–H and O–H groups in total. The van der Waals surface area contributed by atoms with Crippen LogP contribution in [0.3, 0.4) is 0 Å². The van der Waals surface area contributed by atoms with Crippen LogP contribution in [-0.2, 0) is 0 Å². The molecule has 0 radical (unpaired) electrons. The van der Waals surface area contributed by atoms with Gasteiger partial charge in [0.15, 0.2) is 5.43 Å². The van der Waals surface area contributed by atoms with Gasteiger partial charge in [0, 0.05) is 17.4 Å². The van der Waals surface area contributed by atoms with Crippen LogP contribution in [0.15, 0.2) is 51.9 Å². The van der Waals surface area contributed by atoms with Crippen LogP contribution in [0.25, 0.3) is 11.0 Å². The third-order valence-corrected chi connectivity index (χ3v) is 5.63. The Kier molecular flexibility index (Phi) is 3.78. The van der Waals surface area contributed by atoms with Gasteiger partial charge in [0.25, 0.3) is 5.91 Å². The van der Waals surface area contributed by atoms with Gasteiger partial charge in [-0.1, -0.05) is 29.0 Å². The number of nitrogens with zero attached hydrogens (tertiary/aromatic N) is 4. The summed E-state index contributed by atoms with van der Waals surface area (Å²) >= 11 is 7.33. The molecule has 28 heavy (non-hydrogen) atoms. The van der Waals surface area contributed by atoms with Crippen molar-refractivity contribution in [3.8, 4) is 0 Å². The lowest BCUT2D eigenvalue weighted by Crippen LogP contribution is -2.29. The van der Waals surface area contributed by atoms with E-state index in [0.29, 0.717) is 31.7 Å². The molecule has 7 nitrogen and oxygen atoms in total. The largest absolute Gasteiger partial charge is 0.450 e. The van der Waals surface area contributed by atoms with E-state index in [1.807, 2.05) is 6.07 Å². The lowest BCUT2D eigenvalue weighted by Gasteiger charge is -2.21. The Labute approximate surface area is 167 Å². The molecule has 1 aliphatic heterocycles. The molecule has 4 aromatic rings. The molecule has 5 rings (SSSR count). The molecular formula is C19H11ClN4O3S. The maximum absolute atomic E-state index is 13.3. The zero-order valence-corrected chi connectivity index (χ0v) is 16.0. The minimum Gasteiger partial charge on any atom is -0.450 e. The van der Waals surface area contributed by atoms with Crippen LogP contribution in [0.4, 0.5) is 5.13 Å². The van der Waals surface area contributed by atoms with Crippen molar-refractivity contribution in [2.24, 2.45) is 0 Å². The fourth-order valence-corrected chi connectivity index (χ4v) is 4.27. The minimum absolute atomic E-state index is 0.00142. The van der Waals surface area contributed by atoms with Crippen molar-refractivity contribution in [2.45, 2.75) is 13.0 Å². The fourth-order valence-electron chi connectivity index (χ4n) is 3.38. The molecule has 1 aromatic carbocycles. The summed E-state index contributed by atoms with van der Waals surface area (Å²) in [4.78, 5) is 32.2. The molecule has 0 bridgehead atoms. The van der Waals surface area contributed by atoms with Crippen molar-refractivity contribution in [1.29, 1.82) is 0 Å². The number of carbonyl (C=O) groups excluding carboxylic acids is 1. The quantitative estimate of drug-likeness (QED) is 0.500. The summed E-state index contributed by atoms with van der Waals surface area (Å²) in [5.41, 5.74) is 0.933. The van der Waals surface area contributed by atoms with Crippen molar-refractivity contribution in [2.75, 3.05) is 4.90 Å². The third kappa shape index (κ3) is 2.45. The Balaban J connectivity index is 1.84. The second kappa shape index (κ2) is 6.22. The number of aromatic nitrogens is 3. The first kappa shape index (κ1) is 17.0. The van der Waals surface area contributed by atoms with E-state index in [1.165, 1.54) is 16.2 Å². The van der Waals surface area contributed by atoms with Gasteiger partial charge in [-0.05, 0) is 36.8 Å². The molecule has 9 heteroatoms. The van der Waals surface area contributed by atoms with Gasteiger partial charge in [0.05, 0.1) is 17.0 Å². The van der Waals surface area contributed by atoms with E-state index in [0.717, 1.165) is 0 Å². The van der Waals surface area contributed by atoms with E-state index < -0.39 is 11.9 Å². The maximum atomic E-state index is 13.3. The first-order valence-corrected chi connectivity index (χ1v) is 9.54. The third-order valence-electron chi connectivity index (χ3n) is 4.55. The summed E-state index contributed by atoms with van der Waals surface area (Å²) in [5, 5.41) is 9.96. The minimum atomic E-state index is -0.705. The number of hydrogen-bond acceptors (Lipinski definition) is 7. The van der Waals surface area contributed by atoms with E-state index >= 15 is 0 Å². The molecule has 1 aliphatic rings. The molecule has 0 fully saturated rings. The normalized spacial score (nSPS) is 16.0. The highest BCUT2D eigenvalue weighted by Gasteiger charge is 2.45. The number of amides is 1. The molecule has 3 aromatic heterocycles. The highest BCUT2D eigenvalue weighted by Crippen LogP contribution is 2.41. The van der Waals surface area contributed by atoms with Gasteiger partial charge in [0.2, 0.25) is 10.9 Å². The lowest BCUT2D eigenvalue weighted by atomic mass is 10.0. The molecule has 0 spiro atoms. The van der Waals surface area contributed by atoms with Crippen molar-refractivity contribution < 1.29 is 9.21 Å². The molecule has 1 unspecified atom stereocenters. The zero-order valence-electron chi connectivity index (χ0n) is 14.4. The summed E-state index contributed by atoms with van der Waals surface area (Å²) in [6, 6.07) is 7.60. The average molecular weight is 411 g/mol. The molecule has 0 aliphatic carbocycles. The number of hydrogen-bond donors (Lipinski definition) is 0. The summed E-state index contributed by atoms with van der Waals surface area (Å²) in [7, 11) is 0. The van der Waals surface area contributed by atoms with Gasteiger partial charge in [-0.2, -0.15) is 0 Å². The summed E-state index contributed by atoms with van der Waals surface area (Å²) in [5.74, 6) is -0.435. The van der Waals surface area contributed by atoms with Gasteiger partial charge in [-0.25, -0.2) is 0 Å². The smallest absolute Gasteiger partial charge is 0.297 e. The number of carbonyl (C=O) groups is 1. The average Bonchev–Trinajstić information content (AvgIpc) is 3.24. The molecule has 1 atom stereocenters. The molecule has 138 valence electrons. The number of aryl methyl sites for hydroxylation is 1. The fraction of sp³-hybridized carbons (Fsp3) is 0.105. The predicted molar refractivity (Wildman–Crippen MR) is 105 cm³/mol. The van der Waals surface area contributed by atoms with Crippen LogP contribution in [0, 0.1) is 6.92 Å². The molecule has 0 saturated carbocycles. The van der Waals surface area contributed by atoms with Crippen molar-refractivity contribution >= 4 is 44.9 Å². The Bertz CT molecular complexity index is 1300. The van der Waals surface area contributed by atoms with Crippen molar-refractivity contribution in [1.82, 2.24) is 15.2 Å². The van der Waals surface area contributed by atoms with Crippen molar-refractivity contribution in [3.05, 3.63) is 79.9 Å². The van der Waals surface area contributed by atoms with E-state index in [9.17, 15) is 9.59 Å². The Hall–Kier alpha value is -3.10. The highest BCUT2D eigenvalue weighted by atomic mass is 35.5. The maximum Gasteiger partial charge on any atom is 0.297 e. The Morgan fingerprint density at radius 3 is 2.79 bits per heavy atom. The van der Waals surface area contributed by atoms with Crippen LogP contribution >= 0.6 is 22.9 Å². The van der Waals surface area contributed by atoms with Crippen LogP contribution in [0.1, 0.15) is 32.7 Å². The summed E-state index contributed by atoms with van der Waals surface area (Å²) in [6.07, 6.45) is 3.25. The topological polar surface area (TPSA) is 89.2 Å². The summed E-state index contributed by atoms with van der Waals surface area (Å²) in [6.45, 7) is 1.80. The molecular weight excluding hydrogens is 400 g/mol. The number of benzene rings is 1. The molecule has 1 amide bonds. The second-order valence-corrected chi connectivity index (χ2v) is 7.88. The Morgan fingerprint density at radius 1 is 1.21 bits per heavy atom. The number of rotatable bonds is 2. The molecule has 4 heterocycles. The van der Waals surface area contributed by atoms with Crippen LogP contribution < -0.4 is 10.3 Å². The van der Waals surface area contributed by atoms with Crippen LogP contribution in [0.2, 0.25) is 5.02 Å². The van der Waals surface area contributed by atoms with Gasteiger partial charge in [-0.15, -0.1) is 10.2 Å². The number of halogens is 1. The first-order valence-electron chi connectivity index (χ1n) is 8.34. The number of anilines is 1. The van der Waals surface area contributed by atoms with Gasteiger partial charge >= 0.3 is 0 Å². The SMILES string of the molecule is Cc1nnc(N2C(=O)c3oc4ccc(Cl)cc4c(=O)c3C2c2cccnc2)s1. The number of fused-ring (bicyclic) bond motifs is 2. The lowest BCUT2D eigenvalue weighted by molar-refractivity contribution is 0.0970. The standard InChI is InChI=1S/C19H11ClN4O3S/c1-9-22-23-19(28-9)24-15(10-3-2-6-21-8-10)14-16(25)12-7-11(20)4-5-13(12)27-17(14)18(24)26/h2-8,15H,1H3. The van der Waals surface area contributed by atoms with E-state index in [2.05, 4.69) is 15.2 Å². The summed E-state index contributed by atoms with van der Waals surface area (Å²) < 4.78 is 5.85. The van der Waals surface area contributed by atoms with E-state index in [-0.39, 0.29) is 16.8 Å². The molecule has 0 saturated heterocycles. The second-order valence-electron chi connectivity index (χ2n) is 6.28. The van der Waals surface area contributed by atoms with Gasteiger partial charge in [-0.3, -0.25) is 19.5 Å². The first-order chi connectivity index (χ1) is 13.5. The number of pyridine rings is 1. The van der Waals surface area contributed by atoms with Crippen LogP contribution in [0.5, 0.6) is 0 Å². The zero-order chi connectivity index (χ0) is 19.4. The van der Waals surface area contributed by atoms with Crippen LogP contribution in [-0.4, -0.2) is 21.1 Å². The highest BCUT2D eigenvalue weighted by molar-refractivity contribution is 7.15. The predicted octanol–water partition coefficient (Wildman–Crippen LogP) is 3.75. The Morgan fingerprint density at radius 2 is 2.07 bits per heavy atom. The van der Waals surface area contributed by atoms with Gasteiger partial charge < -0.3 is 4.42 Å². The monoisotopic (exact) mass is 410 g/mol.